The summed E-state index contributed by atoms with van der Waals surface area (Å²) in [4.78, 5) is 2.30. The molecule has 1 heterocycles. The van der Waals surface area contributed by atoms with Crippen LogP contribution in [0.1, 0.15) is 11.1 Å². The molecule has 0 bridgehead atoms. The van der Waals surface area contributed by atoms with Crippen molar-refractivity contribution >= 4 is 15.7 Å². The monoisotopic (exact) mass is 360 g/mol. The van der Waals surface area contributed by atoms with Gasteiger partial charge in [0.2, 0.25) is 10.0 Å². The van der Waals surface area contributed by atoms with Crippen LogP contribution in [0.4, 0.5) is 5.69 Å². The molecule has 0 saturated carbocycles. The lowest BCUT2D eigenvalue weighted by Gasteiger charge is -2.28. The molecular weight excluding hydrogens is 336 g/mol. The van der Waals surface area contributed by atoms with Gasteiger partial charge in [-0.15, -0.1) is 0 Å². The van der Waals surface area contributed by atoms with E-state index in [1.807, 2.05) is 30.3 Å². The Morgan fingerprint density at radius 3 is 2.28 bits per heavy atom. The molecule has 6 heteroatoms. The van der Waals surface area contributed by atoms with Crippen molar-refractivity contribution in [3.63, 3.8) is 0 Å². The normalized spacial score (nSPS) is 15.3. The molecule has 0 atom stereocenters. The van der Waals surface area contributed by atoms with E-state index >= 15 is 0 Å². The summed E-state index contributed by atoms with van der Waals surface area (Å²) in [5.74, 6) is 0.0177. The number of benzene rings is 2. The largest absolute Gasteiger partial charge is 0.378 e. The number of hydrogen-bond acceptors (Lipinski definition) is 4. The van der Waals surface area contributed by atoms with Crippen LogP contribution in [0.5, 0.6) is 0 Å². The Bertz CT molecular complexity index is 755. The standard InChI is InChI=1S/C19H24N2O3S/c22-25(23,16-18-4-2-1-3-5-18)20-11-10-17-6-8-19(9-7-17)21-12-14-24-15-13-21/h1-9,20H,10-16H2. The van der Waals surface area contributed by atoms with Gasteiger partial charge in [-0.1, -0.05) is 42.5 Å². The highest BCUT2D eigenvalue weighted by Gasteiger charge is 2.12. The van der Waals surface area contributed by atoms with Crippen molar-refractivity contribution in [3.05, 3.63) is 65.7 Å². The molecule has 0 spiro atoms. The van der Waals surface area contributed by atoms with Gasteiger partial charge in [-0.3, -0.25) is 0 Å². The lowest BCUT2D eigenvalue weighted by Crippen LogP contribution is -2.36. The minimum absolute atomic E-state index is 0.0177. The van der Waals surface area contributed by atoms with Crippen LogP contribution in [0.3, 0.4) is 0 Å². The Morgan fingerprint density at radius 1 is 0.920 bits per heavy atom. The van der Waals surface area contributed by atoms with Crippen LogP contribution in [0.15, 0.2) is 54.6 Å². The van der Waals surface area contributed by atoms with E-state index in [1.54, 1.807) is 0 Å². The quantitative estimate of drug-likeness (QED) is 0.822. The number of nitrogens with one attached hydrogen (secondary N) is 1. The minimum Gasteiger partial charge on any atom is -0.378 e. The van der Waals surface area contributed by atoms with Gasteiger partial charge in [0.1, 0.15) is 0 Å². The van der Waals surface area contributed by atoms with E-state index in [0.29, 0.717) is 13.0 Å². The topological polar surface area (TPSA) is 58.6 Å². The van der Waals surface area contributed by atoms with E-state index < -0.39 is 10.0 Å². The molecular formula is C19H24N2O3S. The number of hydrogen-bond donors (Lipinski definition) is 1. The average Bonchev–Trinajstić information content (AvgIpc) is 2.63. The smallest absolute Gasteiger partial charge is 0.215 e. The van der Waals surface area contributed by atoms with Gasteiger partial charge in [-0.25, -0.2) is 13.1 Å². The molecule has 0 aromatic heterocycles. The van der Waals surface area contributed by atoms with Gasteiger partial charge >= 0.3 is 0 Å². The summed E-state index contributed by atoms with van der Waals surface area (Å²) in [6.45, 7) is 3.78. The van der Waals surface area contributed by atoms with Crippen LogP contribution >= 0.6 is 0 Å². The summed E-state index contributed by atoms with van der Waals surface area (Å²) in [6.07, 6.45) is 0.678. The Labute approximate surface area is 149 Å². The molecule has 0 unspecified atom stereocenters. The van der Waals surface area contributed by atoms with Gasteiger partial charge in [0.15, 0.2) is 0 Å². The van der Waals surface area contributed by atoms with Gasteiger partial charge in [-0.05, 0) is 29.7 Å². The molecule has 1 aliphatic rings. The van der Waals surface area contributed by atoms with E-state index in [2.05, 4.69) is 33.9 Å². The van der Waals surface area contributed by atoms with Gasteiger partial charge in [0.05, 0.1) is 19.0 Å². The van der Waals surface area contributed by atoms with Crippen molar-refractivity contribution in [2.45, 2.75) is 12.2 Å². The fourth-order valence-corrected chi connectivity index (χ4v) is 4.04. The van der Waals surface area contributed by atoms with E-state index in [1.165, 1.54) is 5.69 Å². The highest BCUT2D eigenvalue weighted by Crippen LogP contribution is 2.16. The van der Waals surface area contributed by atoms with Crippen LogP contribution in [0.2, 0.25) is 0 Å². The molecule has 2 aromatic carbocycles. The van der Waals surface area contributed by atoms with Crippen molar-refractivity contribution in [2.75, 3.05) is 37.7 Å². The molecule has 25 heavy (non-hydrogen) atoms. The maximum Gasteiger partial charge on any atom is 0.215 e. The first-order valence-electron chi connectivity index (χ1n) is 8.55. The molecule has 3 rings (SSSR count). The second-order valence-electron chi connectivity index (χ2n) is 6.15. The summed E-state index contributed by atoms with van der Waals surface area (Å²) >= 11 is 0. The molecule has 2 aromatic rings. The van der Waals surface area contributed by atoms with Gasteiger partial charge in [0, 0.05) is 25.3 Å². The molecule has 0 amide bonds. The van der Waals surface area contributed by atoms with Crippen molar-refractivity contribution in [1.82, 2.24) is 4.72 Å². The predicted octanol–water partition coefficient (Wildman–Crippen LogP) is 2.19. The molecule has 1 aliphatic heterocycles. The number of sulfonamides is 1. The molecule has 5 nitrogen and oxygen atoms in total. The fraction of sp³-hybridized carbons (Fsp3) is 0.368. The highest BCUT2D eigenvalue weighted by atomic mass is 32.2. The summed E-state index contributed by atoms with van der Waals surface area (Å²) in [6, 6.07) is 17.5. The number of rotatable bonds is 7. The van der Waals surface area contributed by atoms with Crippen LogP contribution in [0, 0.1) is 0 Å². The average molecular weight is 360 g/mol. The Balaban J connectivity index is 1.48. The third kappa shape index (κ3) is 5.56. The predicted molar refractivity (Wildman–Crippen MR) is 100 cm³/mol. The summed E-state index contributed by atoms with van der Waals surface area (Å²) in [7, 11) is -3.30. The van der Waals surface area contributed by atoms with Gasteiger partial charge in [0.25, 0.3) is 0 Å². The molecule has 134 valence electrons. The minimum atomic E-state index is -3.30. The van der Waals surface area contributed by atoms with Crippen LogP contribution in [0.25, 0.3) is 0 Å². The summed E-state index contributed by atoms with van der Waals surface area (Å²) in [5.41, 5.74) is 3.11. The number of nitrogens with zero attached hydrogens (tertiary/aromatic N) is 1. The van der Waals surface area contributed by atoms with Crippen LogP contribution in [-0.2, 0) is 26.9 Å². The number of anilines is 1. The van der Waals surface area contributed by atoms with Crippen molar-refractivity contribution in [1.29, 1.82) is 0 Å². The maximum absolute atomic E-state index is 12.1. The third-order valence-corrected chi connectivity index (χ3v) is 5.61. The zero-order chi connectivity index (χ0) is 17.5. The Kier molecular flexibility index (Phi) is 6.07. The van der Waals surface area contributed by atoms with E-state index in [9.17, 15) is 8.42 Å². The molecule has 1 N–H and O–H groups in total. The van der Waals surface area contributed by atoms with Crippen LogP contribution in [-0.4, -0.2) is 41.3 Å². The van der Waals surface area contributed by atoms with Crippen LogP contribution < -0.4 is 9.62 Å². The second-order valence-corrected chi connectivity index (χ2v) is 7.96. The summed E-state index contributed by atoms with van der Waals surface area (Å²) in [5, 5.41) is 0. The van der Waals surface area contributed by atoms with Crippen molar-refractivity contribution in [2.24, 2.45) is 0 Å². The van der Waals surface area contributed by atoms with E-state index in [-0.39, 0.29) is 5.75 Å². The Morgan fingerprint density at radius 2 is 1.60 bits per heavy atom. The highest BCUT2D eigenvalue weighted by molar-refractivity contribution is 7.88. The zero-order valence-corrected chi connectivity index (χ0v) is 15.0. The summed E-state index contributed by atoms with van der Waals surface area (Å²) < 4.78 is 32.3. The lowest BCUT2D eigenvalue weighted by molar-refractivity contribution is 0.122. The lowest BCUT2D eigenvalue weighted by atomic mass is 10.1. The number of ether oxygens (including phenoxy) is 1. The van der Waals surface area contributed by atoms with E-state index in [0.717, 1.165) is 37.4 Å². The first-order chi connectivity index (χ1) is 12.1. The Hall–Kier alpha value is -1.89. The van der Waals surface area contributed by atoms with Crippen molar-refractivity contribution < 1.29 is 13.2 Å². The SMILES string of the molecule is O=S(=O)(Cc1ccccc1)NCCc1ccc(N2CCOCC2)cc1. The number of morpholine rings is 1. The second kappa shape index (κ2) is 8.47. The van der Waals surface area contributed by atoms with Crippen molar-refractivity contribution in [3.8, 4) is 0 Å². The molecule has 0 aliphatic carbocycles. The molecule has 0 radical (unpaired) electrons. The fourth-order valence-electron chi connectivity index (χ4n) is 2.89. The first kappa shape index (κ1) is 17.9. The molecule has 1 saturated heterocycles. The molecule has 1 fully saturated rings. The zero-order valence-electron chi connectivity index (χ0n) is 14.2. The maximum atomic E-state index is 12.1. The van der Waals surface area contributed by atoms with Gasteiger partial charge in [-0.2, -0.15) is 0 Å². The van der Waals surface area contributed by atoms with Gasteiger partial charge < -0.3 is 9.64 Å². The first-order valence-corrected chi connectivity index (χ1v) is 10.2. The third-order valence-electron chi connectivity index (χ3n) is 4.25. The van der Waals surface area contributed by atoms with E-state index in [4.69, 9.17) is 4.74 Å².